The Hall–Kier alpha value is -1.51. The Morgan fingerprint density at radius 1 is 0.437 bits per heavy atom. The number of carbonyl (C=O) groups excluding carboxylic acids is 2. The number of rotatable bonds is 57. The van der Waals surface area contributed by atoms with Gasteiger partial charge in [-0.2, -0.15) is 0 Å². The summed E-state index contributed by atoms with van der Waals surface area (Å²) < 4.78 is 34.6. The second kappa shape index (κ2) is 53.3. The number of nitrogens with zero attached hydrogens (tertiary/aromatic N) is 1. The Morgan fingerprint density at radius 3 is 1.11 bits per heavy atom. The lowest BCUT2D eigenvalue weighted by Crippen LogP contribution is -2.37. The van der Waals surface area contributed by atoms with Gasteiger partial charge in [-0.15, -0.1) is 0 Å². The molecule has 0 rings (SSSR count). The van der Waals surface area contributed by atoms with Crippen molar-refractivity contribution in [3.05, 3.63) is 24.3 Å². The van der Waals surface area contributed by atoms with Crippen molar-refractivity contribution in [2.45, 2.75) is 309 Å². The fraction of sp³-hybridized carbons (Fsp3) is 0.902. The third-order valence-corrected chi connectivity index (χ3v) is 14.7. The summed E-state index contributed by atoms with van der Waals surface area (Å²) in [5, 5.41) is 0. The molecule has 0 aromatic carbocycles. The molecular formula is C61H119NO8P+. The summed E-state index contributed by atoms with van der Waals surface area (Å²) in [6, 6.07) is 0. The number of phosphoric acid groups is 1. The fourth-order valence-electron chi connectivity index (χ4n) is 8.99. The Kier molecular flexibility index (Phi) is 52.2. The molecule has 2 unspecified atom stereocenters. The first-order valence-corrected chi connectivity index (χ1v) is 32.1. The first kappa shape index (κ1) is 69.5. The van der Waals surface area contributed by atoms with Gasteiger partial charge in [0.2, 0.25) is 0 Å². The Balaban J connectivity index is 4.06. The molecule has 2 atom stereocenters. The van der Waals surface area contributed by atoms with E-state index < -0.39 is 26.5 Å². The predicted octanol–water partition coefficient (Wildman–Crippen LogP) is 19.0. The number of unbranched alkanes of at least 4 members (excludes halogenated alkanes) is 39. The van der Waals surface area contributed by atoms with Crippen molar-refractivity contribution in [1.29, 1.82) is 0 Å². The van der Waals surface area contributed by atoms with E-state index in [1.807, 2.05) is 21.1 Å². The molecule has 0 amide bonds. The van der Waals surface area contributed by atoms with Crippen LogP contribution in [0.15, 0.2) is 24.3 Å². The fourth-order valence-corrected chi connectivity index (χ4v) is 9.73. The standard InChI is InChI=1S/C61H118NO8P/c1-6-8-10-12-14-16-18-20-22-24-26-27-28-29-30-31-32-33-34-35-36-38-40-42-44-46-48-50-52-54-61(64)70-59(58-69-71(65,66)68-56-55-62(3,4)5)57-67-60(63)53-51-49-47-45-43-41-39-37-25-23-21-19-17-15-13-11-9-7-2/h18,20,24,26,59H,6-17,19,21-23,25,27-58H2,1-5H3/p+1/b20-18-,26-24-. The highest BCUT2D eigenvalue weighted by Crippen LogP contribution is 2.43. The molecule has 1 N–H and O–H groups in total. The zero-order valence-electron chi connectivity index (χ0n) is 47.7. The SMILES string of the molecule is CCCCCCC/C=C\C/C=C\CCCCCCCCCCCCCCCCCCCC(=O)OC(COC(=O)CCCCCCCCCCCCCCCCCCCC)COP(=O)(O)OCC[N+](C)(C)C. The lowest BCUT2D eigenvalue weighted by molar-refractivity contribution is -0.870. The Bertz CT molecular complexity index is 1250. The minimum atomic E-state index is -4.38. The van der Waals surface area contributed by atoms with Gasteiger partial charge in [-0.3, -0.25) is 18.6 Å². The maximum Gasteiger partial charge on any atom is 0.472 e. The van der Waals surface area contributed by atoms with E-state index in [2.05, 4.69) is 38.2 Å². The number of hydrogen-bond acceptors (Lipinski definition) is 7. The van der Waals surface area contributed by atoms with E-state index in [1.54, 1.807) is 0 Å². The van der Waals surface area contributed by atoms with Crippen molar-refractivity contribution < 1.29 is 42.1 Å². The Morgan fingerprint density at radius 2 is 0.761 bits per heavy atom. The van der Waals surface area contributed by atoms with Crippen LogP contribution < -0.4 is 0 Å². The van der Waals surface area contributed by atoms with E-state index in [0.717, 1.165) is 38.5 Å². The van der Waals surface area contributed by atoms with Crippen molar-refractivity contribution in [3.63, 3.8) is 0 Å². The maximum atomic E-state index is 12.8. The molecule has 0 radical (unpaired) electrons. The van der Waals surface area contributed by atoms with Crippen LogP contribution >= 0.6 is 7.82 Å². The van der Waals surface area contributed by atoms with Crippen LogP contribution in [-0.2, 0) is 32.7 Å². The molecule has 0 saturated heterocycles. The van der Waals surface area contributed by atoms with Crippen molar-refractivity contribution in [2.75, 3.05) is 47.5 Å². The average Bonchev–Trinajstić information content (AvgIpc) is 3.33. The number of ether oxygens (including phenoxy) is 2. The van der Waals surface area contributed by atoms with E-state index in [9.17, 15) is 19.0 Å². The summed E-state index contributed by atoms with van der Waals surface area (Å²) in [5.41, 5.74) is 0. The van der Waals surface area contributed by atoms with Gasteiger partial charge >= 0.3 is 19.8 Å². The van der Waals surface area contributed by atoms with E-state index in [-0.39, 0.29) is 25.6 Å². The molecule has 0 aromatic rings. The van der Waals surface area contributed by atoms with Gasteiger partial charge in [0.05, 0.1) is 27.7 Å². The van der Waals surface area contributed by atoms with Crippen LogP contribution in [0, 0.1) is 0 Å². The molecule has 9 nitrogen and oxygen atoms in total. The normalized spacial score (nSPS) is 13.4. The highest BCUT2D eigenvalue weighted by atomic mass is 31.2. The summed E-state index contributed by atoms with van der Waals surface area (Å²) in [6.45, 7) is 4.48. The zero-order valence-corrected chi connectivity index (χ0v) is 48.6. The van der Waals surface area contributed by atoms with Gasteiger partial charge in [0, 0.05) is 12.8 Å². The van der Waals surface area contributed by atoms with Crippen molar-refractivity contribution >= 4 is 19.8 Å². The number of esters is 2. The van der Waals surface area contributed by atoms with Gasteiger partial charge in [-0.25, -0.2) is 4.57 Å². The van der Waals surface area contributed by atoms with Crippen LogP contribution in [0.4, 0.5) is 0 Å². The third-order valence-electron chi connectivity index (χ3n) is 13.7. The topological polar surface area (TPSA) is 108 Å². The predicted molar refractivity (Wildman–Crippen MR) is 303 cm³/mol. The van der Waals surface area contributed by atoms with Gasteiger partial charge in [-0.1, -0.05) is 269 Å². The molecule has 420 valence electrons. The quantitative estimate of drug-likeness (QED) is 0.0211. The van der Waals surface area contributed by atoms with Gasteiger partial charge < -0.3 is 18.9 Å². The van der Waals surface area contributed by atoms with Gasteiger partial charge in [0.15, 0.2) is 6.10 Å². The van der Waals surface area contributed by atoms with Crippen molar-refractivity contribution in [1.82, 2.24) is 0 Å². The first-order valence-electron chi connectivity index (χ1n) is 30.6. The largest absolute Gasteiger partial charge is 0.472 e. The summed E-state index contributed by atoms with van der Waals surface area (Å²) in [4.78, 5) is 35.7. The summed E-state index contributed by atoms with van der Waals surface area (Å²) in [6.07, 6.45) is 64.0. The highest BCUT2D eigenvalue weighted by molar-refractivity contribution is 7.47. The van der Waals surface area contributed by atoms with Crippen LogP contribution in [0.3, 0.4) is 0 Å². The van der Waals surface area contributed by atoms with E-state index >= 15 is 0 Å². The highest BCUT2D eigenvalue weighted by Gasteiger charge is 2.27. The van der Waals surface area contributed by atoms with Crippen LogP contribution in [0.5, 0.6) is 0 Å². The van der Waals surface area contributed by atoms with Crippen LogP contribution in [-0.4, -0.2) is 74.9 Å². The summed E-state index contributed by atoms with van der Waals surface area (Å²) in [7, 11) is 1.50. The van der Waals surface area contributed by atoms with E-state index in [0.29, 0.717) is 23.9 Å². The zero-order chi connectivity index (χ0) is 52.0. The molecule has 0 heterocycles. The van der Waals surface area contributed by atoms with Gasteiger partial charge in [0.1, 0.15) is 19.8 Å². The second-order valence-electron chi connectivity index (χ2n) is 22.1. The lowest BCUT2D eigenvalue weighted by Gasteiger charge is -2.24. The first-order chi connectivity index (χ1) is 34.5. The van der Waals surface area contributed by atoms with Crippen molar-refractivity contribution in [3.8, 4) is 0 Å². The summed E-state index contributed by atoms with van der Waals surface area (Å²) in [5.74, 6) is -0.778. The molecule has 0 aliphatic heterocycles. The average molecular weight is 1030 g/mol. The van der Waals surface area contributed by atoms with Crippen LogP contribution in [0.1, 0.15) is 303 Å². The minimum Gasteiger partial charge on any atom is -0.462 e. The summed E-state index contributed by atoms with van der Waals surface area (Å²) >= 11 is 0. The molecule has 0 bridgehead atoms. The van der Waals surface area contributed by atoms with Crippen molar-refractivity contribution in [2.24, 2.45) is 0 Å². The third kappa shape index (κ3) is 57.6. The monoisotopic (exact) mass is 1020 g/mol. The molecule has 0 spiro atoms. The van der Waals surface area contributed by atoms with Crippen LogP contribution in [0.2, 0.25) is 0 Å². The molecule has 0 fully saturated rings. The number of likely N-dealkylation sites (N-methyl/N-ethyl adjacent to an activating group) is 1. The molecule has 0 saturated carbocycles. The second-order valence-corrected chi connectivity index (χ2v) is 23.6. The smallest absolute Gasteiger partial charge is 0.462 e. The number of allylic oxidation sites excluding steroid dienone is 4. The molecule has 0 aliphatic carbocycles. The molecule has 10 heteroatoms. The molecule has 0 aromatic heterocycles. The molecular weight excluding hydrogens is 906 g/mol. The molecule has 71 heavy (non-hydrogen) atoms. The number of quaternary nitrogens is 1. The maximum absolute atomic E-state index is 12.8. The number of carbonyl (C=O) groups is 2. The van der Waals surface area contributed by atoms with E-state index in [1.165, 1.54) is 231 Å². The number of hydrogen-bond donors (Lipinski definition) is 1. The minimum absolute atomic E-state index is 0.0352. The lowest BCUT2D eigenvalue weighted by atomic mass is 10.0. The van der Waals surface area contributed by atoms with Gasteiger partial charge in [-0.05, 0) is 44.9 Å². The van der Waals surface area contributed by atoms with E-state index in [4.69, 9.17) is 18.5 Å². The molecule has 0 aliphatic rings. The number of phosphoric ester groups is 1. The van der Waals surface area contributed by atoms with Gasteiger partial charge in [0.25, 0.3) is 0 Å². The Labute approximate surface area is 440 Å². The van der Waals surface area contributed by atoms with Crippen LogP contribution in [0.25, 0.3) is 0 Å².